The number of nitrogens with zero attached hydrogens (tertiary/aromatic N) is 3. The normalized spacial score (nSPS) is 14.4. The molecule has 1 saturated heterocycles. The maximum atomic E-state index is 12.8. The minimum absolute atomic E-state index is 0.109. The van der Waals surface area contributed by atoms with Crippen molar-refractivity contribution in [2.24, 2.45) is 0 Å². The Bertz CT molecular complexity index is 879. The average molecular weight is 398 g/mol. The highest BCUT2D eigenvalue weighted by atomic mass is 16.5. The number of hydrogen-bond acceptors (Lipinski definition) is 6. The average Bonchev–Trinajstić information content (AvgIpc) is 2.78. The third-order valence-corrected chi connectivity index (χ3v) is 5.01. The van der Waals surface area contributed by atoms with Crippen molar-refractivity contribution in [3.05, 3.63) is 47.8 Å². The Morgan fingerprint density at radius 1 is 1.03 bits per heavy atom. The van der Waals surface area contributed by atoms with E-state index in [9.17, 15) is 9.59 Å². The molecule has 1 fully saturated rings. The van der Waals surface area contributed by atoms with Gasteiger partial charge in [0, 0.05) is 44.6 Å². The molecule has 0 spiro atoms. The van der Waals surface area contributed by atoms with E-state index in [4.69, 9.17) is 9.47 Å². The molecule has 0 aliphatic carbocycles. The number of ether oxygens (including phenoxy) is 2. The summed E-state index contributed by atoms with van der Waals surface area (Å²) in [5.74, 6) is 0.610. The lowest BCUT2D eigenvalue weighted by atomic mass is 10.1. The second-order valence-electron chi connectivity index (χ2n) is 6.71. The van der Waals surface area contributed by atoms with E-state index in [0.717, 1.165) is 19.6 Å². The molecule has 1 N–H and O–H groups in total. The first-order valence-corrected chi connectivity index (χ1v) is 9.55. The fraction of sp³-hybridized carbons (Fsp3) is 0.381. The number of rotatable bonds is 6. The first kappa shape index (κ1) is 20.6. The van der Waals surface area contributed by atoms with Gasteiger partial charge >= 0.3 is 0 Å². The third-order valence-electron chi connectivity index (χ3n) is 5.01. The van der Waals surface area contributed by atoms with Crippen LogP contribution in [0.15, 0.2) is 36.7 Å². The van der Waals surface area contributed by atoms with Crippen molar-refractivity contribution in [1.82, 2.24) is 14.8 Å². The number of carbonyl (C=O) groups is 2. The zero-order valence-electron chi connectivity index (χ0n) is 17.0. The van der Waals surface area contributed by atoms with Gasteiger partial charge < -0.3 is 24.6 Å². The summed E-state index contributed by atoms with van der Waals surface area (Å²) in [5, 5.41) is 2.80. The number of amides is 2. The van der Waals surface area contributed by atoms with E-state index in [1.807, 2.05) is 0 Å². The molecule has 1 aliphatic rings. The summed E-state index contributed by atoms with van der Waals surface area (Å²) >= 11 is 0. The predicted octanol–water partition coefficient (Wildman–Crippen LogP) is 2.13. The van der Waals surface area contributed by atoms with Crippen molar-refractivity contribution < 1.29 is 19.1 Å². The Balaban J connectivity index is 1.74. The first-order valence-electron chi connectivity index (χ1n) is 9.55. The largest absolute Gasteiger partial charge is 0.497 e. The van der Waals surface area contributed by atoms with Crippen LogP contribution in [0.4, 0.5) is 5.69 Å². The summed E-state index contributed by atoms with van der Waals surface area (Å²) in [6.45, 7) is 6.14. The van der Waals surface area contributed by atoms with Gasteiger partial charge in [-0.25, -0.2) is 0 Å². The molecule has 1 aliphatic heterocycles. The fourth-order valence-electron chi connectivity index (χ4n) is 3.24. The van der Waals surface area contributed by atoms with Crippen LogP contribution in [-0.4, -0.2) is 73.5 Å². The van der Waals surface area contributed by atoms with Crippen LogP contribution < -0.4 is 14.8 Å². The van der Waals surface area contributed by atoms with Crippen molar-refractivity contribution in [1.29, 1.82) is 0 Å². The molecule has 29 heavy (non-hydrogen) atoms. The summed E-state index contributed by atoms with van der Waals surface area (Å²) in [6.07, 6.45) is 2.94. The van der Waals surface area contributed by atoms with Gasteiger partial charge in [0.15, 0.2) is 0 Å². The van der Waals surface area contributed by atoms with E-state index in [1.165, 1.54) is 19.5 Å². The number of aromatic nitrogens is 1. The number of anilines is 1. The topological polar surface area (TPSA) is 84.0 Å². The van der Waals surface area contributed by atoms with Crippen molar-refractivity contribution in [2.45, 2.75) is 6.92 Å². The highest BCUT2D eigenvalue weighted by Gasteiger charge is 2.22. The van der Waals surface area contributed by atoms with E-state index in [2.05, 4.69) is 22.1 Å². The van der Waals surface area contributed by atoms with Gasteiger partial charge in [0.1, 0.15) is 11.5 Å². The zero-order chi connectivity index (χ0) is 20.8. The van der Waals surface area contributed by atoms with Crippen LogP contribution in [-0.2, 0) is 0 Å². The number of likely N-dealkylation sites (N-methyl/N-ethyl adjacent to an activating group) is 1. The number of piperazine rings is 1. The Morgan fingerprint density at radius 3 is 2.41 bits per heavy atom. The monoisotopic (exact) mass is 398 g/mol. The molecule has 3 rings (SSSR count). The zero-order valence-corrected chi connectivity index (χ0v) is 17.0. The molecular formula is C21H26N4O4. The lowest BCUT2D eigenvalue weighted by Crippen LogP contribution is -2.48. The Labute approximate surface area is 170 Å². The molecule has 0 bridgehead atoms. The molecule has 8 nitrogen and oxygen atoms in total. The number of hydrogen-bond donors (Lipinski definition) is 1. The molecule has 0 radical (unpaired) electrons. The molecule has 1 aromatic carbocycles. The second-order valence-corrected chi connectivity index (χ2v) is 6.71. The van der Waals surface area contributed by atoms with Crippen LogP contribution in [0.1, 0.15) is 27.6 Å². The third kappa shape index (κ3) is 4.83. The van der Waals surface area contributed by atoms with E-state index < -0.39 is 0 Å². The van der Waals surface area contributed by atoms with Crippen molar-refractivity contribution in [3.63, 3.8) is 0 Å². The number of methoxy groups -OCH3 is 2. The minimum atomic E-state index is -0.380. The quantitative estimate of drug-likeness (QED) is 0.803. The first-order chi connectivity index (χ1) is 14.0. The highest BCUT2D eigenvalue weighted by Crippen LogP contribution is 2.29. The summed E-state index contributed by atoms with van der Waals surface area (Å²) in [6, 6.07) is 6.70. The van der Waals surface area contributed by atoms with Crippen molar-refractivity contribution in [3.8, 4) is 11.5 Å². The summed E-state index contributed by atoms with van der Waals surface area (Å²) < 4.78 is 10.5. The van der Waals surface area contributed by atoms with Gasteiger partial charge in [0.05, 0.1) is 31.0 Å². The van der Waals surface area contributed by atoms with E-state index in [0.29, 0.717) is 41.4 Å². The molecule has 8 heteroatoms. The Kier molecular flexibility index (Phi) is 6.66. The number of benzene rings is 1. The van der Waals surface area contributed by atoms with E-state index >= 15 is 0 Å². The molecule has 2 heterocycles. The SMILES string of the molecule is CCN1CCN(C(=O)c2cncc(C(=O)Nc3cc(OC)ccc3OC)c2)CC1. The summed E-state index contributed by atoms with van der Waals surface area (Å²) in [5.41, 5.74) is 1.18. The predicted molar refractivity (Wildman–Crippen MR) is 110 cm³/mol. The lowest BCUT2D eigenvalue weighted by molar-refractivity contribution is 0.0643. The van der Waals surface area contributed by atoms with Gasteiger partial charge in [0.2, 0.25) is 0 Å². The maximum absolute atomic E-state index is 12.8. The van der Waals surface area contributed by atoms with Crippen molar-refractivity contribution >= 4 is 17.5 Å². The molecular weight excluding hydrogens is 372 g/mol. The Hall–Kier alpha value is -3.13. The van der Waals surface area contributed by atoms with Crippen LogP contribution in [0, 0.1) is 0 Å². The number of carbonyl (C=O) groups excluding carboxylic acids is 2. The van der Waals surface area contributed by atoms with Gasteiger partial charge in [-0.2, -0.15) is 0 Å². The standard InChI is InChI=1S/C21H26N4O4/c1-4-24-7-9-25(10-8-24)21(27)16-11-15(13-22-14-16)20(26)23-18-12-17(28-2)5-6-19(18)29-3/h5-6,11-14H,4,7-10H2,1-3H3,(H,23,26). The smallest absolute Gasteiger partial charge is 0.257 e. The van der Waals surface area contributed by atoms with Gasteiger partial charge in [-0.1, -0.05) is 6.92 Å². The molecule has 1 aromatic heterocycles. The summed E-state index contributed by atoms with van der Waals surface area (Å²) in [4.78, 5) is 33.7. The summed E-state index contributed by atoms with van der Waals surface area (Å²) in [7, 11) is 3.07. The van der Waals surface area contributed by atoms with Gasteiger partial charge in [0.25, 0.3) is 11.8 Å². The van der Waals surface area contributed by atoms with Crippen molar-refractivity contribution in [2.75, 3.05) is 52.3 Å². The van der Waals surface area contributed by atoms with Crippen LogP contribution in [0.3, 0.4) is 0 Å². The van der Waals surface area contributed by atoms with Gasteiger partial charge in [-0.3, -0.25) is 14.6 Å². The number of nitrogens with one attached hydrogen (secondary N) is 1. The van der Waals surface area contributed by atoms with E-state index in [1.54, 1.807) is 36.3 Å². The van der Waals surface area contributed by atoms with Crippen LogP contribution >= 0.6 is 0 Å². The molecule has 0 atom stereocenters. The van der Waals surface area contributed by atoms with Crippen LogP contribution in [0.25, 0.3) is 0 Å². The maximum Gasteiger partial charge on any atom is 0.257 e. The fourth-order valence-corrected chi connectivity index (χ4v) is 3.24. The lowest BCUT2D eigenvalue weighted by Gasteiger charge is -2.34. The van der Waals surface area contributed by atoms with Crippen LogP contribution in [0.2, 0.25) is 0 Å². The molecule has 2 amide bonds. The van der Waals surface area contributed by atoms with E-state index in [-0.39, 0.29) is 11.8 Å². The molecule has 2 aromatic rings. The molecule has 0 saturated carbocycles. The number of pyridine rings is 1. The minimum Gasteiger partial charge on any atom is -0.497 e. The van der Waals surface area contributed by atoms with Gasteiger partial charge in [-0.15, -0.1) is 0 Å². The second kappa shape index (κ2) is 9.38. The Morgan fingerprint density at radius 2 is 1.76 bits per heavy atom. The molecule has 154 valence electrons. The van der Waals surface area contributed by atoms with Gasteiger partial charge in [-0.05, 0) is 24.7 Å². The highest BCUT2D eigenvalue weighted by molar-refractivity contribution is 6.06. The van der Waals surface area contributed by atoms with Crippen LogP contribution in [0.5, 0.6) is 11.5 Å². The molecule has 0 unspecified atom stereocenters.